The maximum Gasteiger partial charge on any atom is 0.191 e. The minimum Gasteiger partial charge on any atom is -0.357 e. The number of aryl methyl sites for hydroxylation is 1. The summed E-state index contributed by atoms with van der Waals surface area (Å²) >= 11 is 0. The molecule has 0 atom stereocenters. The Bertz CT molecular complexity index is 799. The second-order valence-electron chi connectivity index (χ2n) is 5.78. The summed E-state index contributed by atoms with van der Waals surface area (Å²) in [5.41, 5.74) is 4.99. The fourth-order valence-corrected chi connectivity index (χ4v) is 2.88. The van der Waals surface area contributed by atoms with E-state index in [0.29, 0.717) is 6.54 Å². The lowest BCUT2D eigenvalue weighted by Gasteiger charge is -2.13. The van der Waals surface area contributed by atoms with Gasteiger partial charge >= 0.3 is 0 Å². The van der Waals surface area contributed by atoms with Crippen LogP contribution in [-0.4, -0.2) is 18.0 Å². The fourth-order valence-electron chi connectivity index (χ4n) is 2.88. The van der Waals surface area contributed by atoms with Crippen molar-refractivity contribution in [3.63, 3.8) is 0 Å². The van der Waals surface area contributed by atoms with Gasteiger partial charge in [-0.25, -0.2) is 0 Å². The lowest BCUT2D eigenvalue weighted by molar-refractivity contribution is 0.794. The van der Waals surface area contributed by atoms with E-state index in [9.17, 15) is 0 Å². The third-order valence-electron chi connectivity index (χ3n) is 4.20. The topological polar surface area (TPSA) is 52.2 Å². The van der Waals surface area contributed by atoms with Crippen molar-refractivity contribution in [2.75, 3.05) is 7.05 Å². The van der Waals surface area contributed by atoms with Gasteiger partial charge in [-0.05, 0) is 35.1 Å². The van der Waals surface area contributed by atoms with E-state index in [1.165, 1.54) is 16.5 Å². The number of nitrogens with one attached hydrogen (secondary N) is 3. The number of guanidine groups is 1. The van der Waals surface area contributed by atoms with Crippen LogP contribution in [0, 0.1) is 0 Å². The highest BCUT2D eigenvalue weighted by Gasteiger charge is 2.04. The van der Waals surface area contributed by atoms with Crippen molar-refractivity contribution in [1.82, 2.24) is 15.6 Å². The van der Waals surface area contributed by atoms with Crippen molar-refractivity contribution in [3.8, 4) is 0 Å². The van der Waals surface area contributed by atoms with Gasteiger partial charge in [-0.15, -0.1) is 0 Å². The Hall–Kier alpha value is -2.75. The largest absolute Gasteiger partial charge is 0.357 e. The Labute approximate surface area is 143 Å². The minimum atomic E-state index is 0.712. The van der Waals surface area contributed by atoms with Crippen molar-refractivity contribution in [2.24, 2.45) is 4.99 Å². The van der Waals surface area contributed by atoms with Gasteiger partial charge in [0.05, 0.1) is 6.54 Å². The molecule has 1 heterocycles. The predicted molar refractivity (Wildman–Crippen MR) is 101 cm³/mol. The van der Waals surface area contributed by atoms with E-state index in [1.54, 1.807) is 7.05 Å². The molecule has 0 amide bonds. The number of para-hydroxylation sites is 1. The molecule has 124 valence electrons. The van der Waals surface area contributed by atoms with E-state index in [1.807, 2.05) is 6.07 Å². The third-order valence-corrected chi connectivity index (χ3v) is 4.20. The number of aromatic nitrogens is 1. The van der Waals surface area contributed by atoms with Crippen LogP contribution in [0.1, 0.15) is 23.7 Å². The van der Waals surface area contributed by atoms with E-state index in [2.05, 4.69) is 76.1 Å². The van der Waals surface area contributed by atoms with E-state index in [-0.39, 0.29) is 0 Å². The number of aromatic amines is 1. The molecule has 0 saturated heterocycles. The second kappa shape index (κ2) is 7.68. The third kappa shape index (κ3) is 3.77. The number of rotatable bonds is 5. The molecule has 2 aromatic carbocycles. The zero-order chi connectivity index (χ0) is 16.8. The summed E-state index contributed by atoms with van der Waals surface area (Å²) in [4.78, 5) is 7.73. The molecule has 3 aromatic rings. The molecule has 3 N–H and O–H groups in total. The number of hydrogen-bond acceptors (Lipinski definition) is 1. The number of hydrogen-bond donors (Lipinski definition) is 3. The highest BCUT2D eigenvalue weighted by atomic mass is 15.2. The van der Waals surface area contributed by atoms with Crippen molar-refractivity contribution >= 4 is 16.9 Å². The van der Waals surface area contributed by atoms with Crippen LogP contribution in [0.5, 0.6) is 0 Å². The average molecular weight is 320 g/mol. The van der Waals surface area contributed by atoms with E-state index >= 15 is 0 Å². The Morgan fingerprint density at radius 3 is 2.42 bits per heavy atom. The highest BCUT2D eigenvalue weighted by Crippen LogP contribution is 2.14. The van der Waals surface area contributed by atoms with Crippen LogP contribution in [0.2, 0.25) is 0 Å². The summed E-state index contributed by atoms with van der Waals surface area (Å²) in [6.07, 6.45) is 1.04. The lowest BCUT2D eigenvalue weighted by atomic mass is 10.1. The molecule has 24 heavy (non-hydrogen) atoms. The first-order chi connectivity index (χ1) is 11.8. The maximum atomic E-state index is 4.31. The second-order valence-corrected chi connectivity index (χ2v) is 5.78. The van der Waals surface area contributed by atoms with E-state index in [4.69, 9.17) is 0 Å². The number of aliphatic imine (C=N–C) groups is 1. The predicted octanol–water partition coefficient (Wildman–Crippen LogP) is 3.60. The van der Waals surface area contributed by atoms with Gasteiger partial charge in [0.2, 0.25) is 0 Å². The number of nitrogens with zero attached hydrogens (tertiary/aromatic N) is 1. The van der Waals surface area contributed by atoms with Crippen molar-refractivity contribution in [1.29, 1.82) is 0 Å². The van der Waals surface area contributed by atoms with Crippen LogP contribution >= 0.6 is 0 Å². The molecule has 0 fully saturated rings. The molecule has 1 aromatic heterocycles. The smallest absolute Gasteiger partial charge is 0.191 e. The normalized spacial score (nSPS) is 11.7. The molecule has 0 radical (unpaired) electrons. The molecule has 0 spiro atoms. The van der Waals surface area contributed by atoms with Gasteiger partial charge in [0, 0.05) is 24.8 Å². The quantitative estimate of drug-likeness (QED) is 0.497. The Morgan fingerprint density at radius 2 is 1.67 bits per heavy atom. The van der Waals surface area contributed by atoms with Crippen LogP contribution in [0.3, 0.4) is 0 Å². The molecule has 4 heteroatoms. The molecule has 3 rings (SSSR count). The van der Waals surface area contributed by atoms with Crippen molar-refractivity contribution < 1.29 is 0 Å². The molecule has 0 unspecified atom stereocenters. The van der Waals surface area contributed by atoms with Gasteiger partial charge in [0.15, 0.2) is 5.96 Å². The Kier molecular flexibility index (Phi) is 5.16. The van der Waals surface area contributed by atoms with E-state index < -0.39 is 0 Å². The van der Waals surface area contributed by atoms with Crippen LogP contribution in [0.25, 0.3) is 10.9 Å². The van der Waals surface area contributed by atoms with Crippen LogP contribution in [0.4, 0.5) is 0 Å². The van der Waals surface area contributed by atoms with Gasteiger partial charge in [-0.3, -0.25) is 4.99 Å². The highest BCUT2D eigenvalue weighted by molar-refractivity contribution is 5.81. The fraction of sp³-hybridized carbons (Fsp3) is 0.250. The van der Waals surface area contributed by atoms with Crippen LogP contribution in [0.15, 0.2) is 59.6 Å². The summed E-state index contributed by atoms with van der Waals surface area (Å²) in [6, 6.07) is 19.0. The first-order valence-electron chi connectivity index (χ1n) is 8.38. The van der Waals surface area contributed by atoms with Gasteiger partial charge < -0.3 is 15.6 Å². The van der Waals surface area contributed by atoms with E-state index in [0.717, 1.165) is 30.1 Å². The zero-order valence-electron chi connectivity index (χ0n) is 14.3. The number of H-pyrrole nitrogens is 1. The summed E-state index contributed by atoms with van der Waals surface area (Å²) in [5, 5.41) is 7.98. The van der Waals surface area contributed by atoms with Gasteiger partial charge in [0.1, 0.15) is 0 Å². The average Bonchev–Trinajstić information content (AvgIpc) is 3.05. The zero-order valence-corrected chi connectivity index (χ0v) is 14.3. The van der Waals surface area contributed by atoms with Crippen molar-refractivity contribution in [2.45, 2.75) is 26.4 Å². The SMILES string of the molecule is CCc1ccccc1CNC(=NC)NCc1cc2ccccc2[nH]1. The molecule has 0 aliphatic carbocycles. The van der Waals surface area contributed by atoms with Crippen LogP contribution in [-0.2, 0) is 19.5 Å². The maximum absolute atomic E-state index is 4.31. The minimum absolute atomic E-state index is 0.712. The standard InChI is InChI=1S/C20H24N4/c1-3-15-8-4-5-10-17(15)13-22-20(21-2)23-14-18-12-16-9-6-7-11-19(16)24-18/h4-12,24H,3,13-14H2,1-2H3,(H2,21,22,23). The summed E-state index contributed by atoms with van der Waals surface area (Å²) in [6.45, 7) is 3.67. The molecule has 0 bridgehead atoms. The first kappa shape index (κ1) is 16.1. The molecule has 0 saturated carbocycles. The monoisotopic (exact) mass is 320 g/mol. The summed E-state index contributed by atoms with van der Waals surface area (Å²) in [5.74, 6) is 0.805. The lowest BCUT2D eigenvalue weighted by Crippen LogP contribution is -2.36. The van der Waals surface area contributed by atoms with Gasteiger partial charge in [0.25, 0.3) is 0 Å². The van der Waals surface area contributed by atoms with Crippen LogP contribution < -0.4 is 10.6 Å². The molecular formula is C20H24N4. The summed E-state index contributed by atoms with van der Waals surface area (Å²) in [7, 11) is 1.80. The number of benzene rings is 2. The van der Waals surface area contributed by atoms with Gasteiger partial charge in [-0.1, -0.05) is 49.4 Å². The molecule has 0 aliphatic heterocycles. The van der Waals surface area contributed by atoms with Crippen molar-refractivity contribution in [3.05, 3.63) is 71.4 Å². The molecule has 0 aliphatic rings. The first-order valence-corrected chi connectivity index (χ1v) is 8.38. The molecular weight excluding hydrogens is 296 g/mol. The molecule has 4 nitrogen and oxygen atoms in total. The van der Waals surface area contributed by atoms with Gasteiger partial charge in [-0.2, -0.15) is 0 Å². The Morgan fingerprint density at radius 1 is 0.958 bits per heavy atom. The Balaban J connectivity index is 1.59. The number of fused-ring (bicyclic) bond motifs is 1. The summed E-state index contributed by atoms with van der Waals surface area (Å²) < 4.78 is 0.